The number of aliphatic hydroxyl groups excluding tert-OH is 1. The molecule has 0 fully saturated rings. The smallest absolute Gasteiger partial charge is 0.252 e. The molecular formula is C19H18N6O3. The molecule has 0 aromatic carbocycles. The Hall–Kier alpha value is -3.72. The average Bonchev–Trinajstić information content (AvgIpc) is 3.30. The van der Waals surface area contributed by atoms with Crippen molar-refractivity contribution in [3.63, 3.8) is 0 Å². The van der Waals surface area contributed by atoms with E-state index < -0.39 is 6.10 Å². The summed E-state index contributed by atoms with van der Waals surface area (Å²) in [5.41, 5.74) is 1.92. The van der Waals surface area contributed by atoms with Crippen molar-refractivity contribution in [3.05, 3.63) is 76.5 Å². The van der Waals surface area contributed by atoms with E-state index in [9.17, 15) is 14.7 Å². The van der Waals surface area contributed by atoms with Gasteiger partial charge >= 0.3 is 0 Å². The maximum atomic E-state index is 12.5. The topological polar surface area (TPSA) is 117 Å². The Kier molecular flexibility index (Phi) is 4.50. The number of aromatic nitrogens is 5. The lowest BCUT2D eigenvalue weighted by Gasteiger charge is -2.12. The number of hydrogen-bond donors (Lipinski definition) is 3. The van der Waals surface area contributed by atoms with Crippen molar-refractivity contribution < 1.29 is 9.90 Å². The van der Waals surface area contributed by atoms with E-state index in [1.54, 1.807) is 34.9 Å². The molecule has 0 saturated heterocycles. The Labute approximate surface area is 159 Å². The summed E-state index contributed by atoms with van der Waals surface area (Å²) < 4.78 is 3.66. The first kappa shape index (κ1) is 17.7. The number of aliphatic hydroxyl groups is 1. The molecule has 1 unspecified atom stereocenters. The second kappa shape index (κ2) is 7.12. The van der Waals surface area contributed by atoms with Crippen molar-refractivity contribution in [3.8, 4) is 11.5 Å². The van der Waals surface area contributed by atoms with Crippen LogP contribution in [0.5, 0.6) is 0 Å². The van der Waals surface area contributed by atoms with Crippen molar-refractivity contribution in [2.24, 2.45) is 7.05 Å². The largest absolute Gasteiger partial charge is 0.385 e. The number of nitrogens with zero attached hydrogens (tertiary/aromatic N) is 4. The Bertz CT molecular complexity index is 1210. The molecule has 0 aliphatic rings. The Morgan fingerprint density at radius 3 is 2.82 bits per heavy atom. The number of fused-ring (bicyclic) bond motifs is 1. The maximum absolute atomic E-state index is 12.5. The van der Waals surface area contributed by atoms with Gasteiger partial charge < -0.3 is 20.0 Å². The lowest BCUT2D eigenvalue weighted by molar-refractivity contribution is 0.0913. The van der Waals surface area contributed by atoms with Crippen molar-refractivity contribution >= 4 is 11.6 Å². The number of amides is 1. The molecule has 9 heteroatoms. The summed E-state index contributed by atoms with van der Waals surface area (Å²) in [6.07, 6.45) is 2.54. The molecule has 3 N–H and O–H groups in total. The van der Waals surface area contributed by atoms with Crippen LogP contribution in [0.3, 0.4) is 0 Å². The molecule has 1 amide bonds. The van der Waals surface area contributed by atoms with Gasteiger partial charge in [-0.15, -0.1) is 10.2 Å². The van der Waals surface area contributed by atoms with Crippen LogP contribution in [0.1, 0.15) is 22.2 Å². The maximum Gasteiger partial charge on any atom is 0.252 e. The highest BCUT2D eigenvalue weighted by Gasteiger charge is 2.15. The fourth-order valence-electron chi connectivity index (χ4n) is 2.95. The van der Waals surface area contributed by atoms with Gasteiger partial charge in [0.1, 0.15) is 6.10 Å². The number of carbonyl (C=O) groups is 1. The number of carbonyl (C=O) groups excluding carboxylic acids is 1. The number of H-pyrrole nitrogens is 1. The average molecular weight is 378 g/mol. The highest BCUT2D eigenvalue weighted by atomic mass is 16.3. The van der Waals surface area contributed by atoms with Crippen LogP contribution >= 0.6 is 0 Å². The second-order valence-electron chi connectivity index (χ2n) is 6.37. The minimum Gasteiger partial charge on any atom is -0.385 e. The third kappa shape index (κ3) is 3.30. The van der Waals surface area contributed by atoms with Crippen LogP contribution < -0.4 is 10.9 Å². The molecule has 0 saturated carbocycles. The third-order valence-electron chi connectivity index (χ3n) is 4.44. The molecule has 4 rings (SSSR count). The predicted molar refractivity (Wildman–Crippen MR) is 102 cm³/mol. The summed E-state index contributed by atoms with van der Waals surface area (Å²) in [4.78, 5) is 26.4. The first-order valence-corrected chi connectivity index (χ1v) is 8.65. The molecule has 0 bridgehead atoms. The molecule has 0 aliphatic carbocycles. The third-order valence-corrected chi connectivity index (χ3v) is 4.44. The summed E-state index contributed by atoms with van der Waals surface area (Å²) in [5.74, 6) is 0.268. The van der Waals surface area contributed by atoms with Gasteiger partial charge in [-0.2, -0.15) is 0 Å². The number of pyridine rings is 2. The van der Waals surface area contributed by atoms with Gasteiger partial charge in [0.05, 0.1) is 11.3 Å². The van der Waals surface area contributed by atoms with Crippen LogP contribution in [0, 0.1) is 0 Å². The van der Waals surface area contributed by atoms with Crippen LogP contribution in [-0.2, 0) is 7.05 Å². The van der Waals surface area contributed by atoms with Gasteiger partial charge in [-0.05, 0) is 30.3 Å². The van der Waals surface area contributed by atoms with Crippen LogP contribution in [0.2, 0.25) is 0 Å². The molecule has 4 aromatic rings. The van der Waals surface area contributed by atoms with Crippen LogP contribution in [0.25, 0.3) is 17.2 Å². The number of rotatable bonds is 5. The molecule has 1 atom stereocenters. The van der Waals surface area contributed by atoms with Gasteiger partial charge in [-0.25, -0.2) is 0 Å². The molecule has 4 heterocycles. The lowest BCUT2D eigenvalue weighted by atomic mass is 10.2. The van der Waals surface area contributed by atoms with E-state index in [-0.39, 0.29) is 18.0 Å². The first-order chi connectivity index (χ1) is 13.5. The number of aryl methyl sites for hydroxylation is 1. The molecule has 4 aromatic heterocycles. The fraction of sp³-hybridized carbons (Fsp3) is 0.158. The van der Waals surface area contributed by atoms with E-state index in [1.165, 1.54) is 6.07 Å². The predicted octanol–water partition coefficient (Wildman–Crippen LogP) is 0.887. The van der Waals surface area contributed by atoms with E-state index >= 15 is 0 Å². The van der Waals surface area contributed by atoms with Gasteiger partial charge in [0, 0.05) is 37.7 Å². The summed E-state index contributed by atoms with van der Waals surface area (Å²) in [5, 5.41) is 21.2. The van der Waals surface area contributed by atoms with Gasteiger partial charge in [0.25, 0.3) is 5.91 Å². The zero-order valence-electron chi connectivity index (χ0n) is 15.0. The minimum absolute atomic E-state index is 0.0380. The molecule has 142 valence electrons. The van der Waals surface area contributed by atoms with E-state index in [2.05, 4.69) is 20.5 Å². The minimum atomic E-state index is -1.02. The van der Waals surface area contributed by atoms with Crippen molar-refractivity contribution in [2.75, 3.05) is 6.54 Å². The second-order valence-corrected chi connectivity index (χ2v) is 6.37. The molecule has 0 spiro atoms. The first-order valence-electron chi connectivity index (χ1n) is 8.65. The zero-order chi connectivity index (χ0) is 19.7. The van der Waals surface area contributed by atoms with Gasteiger partial charge in [-0.3, -0.25) is 14.0 Å². The Morgan fingerprint density at radius 2 is 2.07 bits per heavy atom. The summed E-state index contributed by atoms with van der Waals surface area (Å²) in [7, 11) is 1.91. The SMILES string of the molecule is Cn1cccc1-c1nnc2ccc(C(=O)NCC(O)c3cccc(=O)[nH]3)cn12. The summed E-state index contributed by atoms with van der Waals surface area (Å²) in [6.45, 7) is -0.0380. The van der Waals surface area contributed by atoms with E-state index in [0.29, 0.717) is 22.7 Å². The van der Waals surface area contributed by atoms with Crippen LogP contribution in [-0.4, -0.2) is 41.7 Å². The zero-order valence-corrected chi connectivity index (χ0v) is 15.0. The molecule has 28 heavy (non-hydrogen) atoms. The molecule has 9 nitrogen and oxygen atoms in total. The van der Waals surface area contributed by atoms with E-state index in [1.807, 2.05) is 29.9 Å². The number of hydrogen-bond acceptors (Lipinski definition) is 5. The number of aromatic amines is 1. The Balaban J connectivity index is 1.54. The molecular weight excluding hydrogens is 360 g/mol. The van der Waals surface area contributed by atoms with E-state index in [4.69, 9.17) is 0 Å². The Morgan fingerprint density at radius 1 is 1.21 bits per heavy atom. The van der Waals surface area contributed by atoms with Crippen molar-refractivity contribution in [1.82, 2.24) is 29.5 Å². The molecule has 0 aliphatic heterocycles. The molecule has 0 radical (unpaired) electrons. The normalized spacial score (nSPS) is 12.2. The lowest BCUT2D eigenvalue weighted by Crippen LogP contribution is -2.29. The van der Waals surface area contributed by atoms with Crippen LogP contribution in [0.15, 0.2) is 59.7 Å². The highest BCUT2D eigenvalue weighted by molar-refractivity contribution is 5.94. The fourth-order valence-corrected chi connectivity index (χ4v) is 2.95. The van der Waals surface area contributed by atoms with Crippen molar-refractivity contribution in [1.29, 1.82) is 0 Å². The summed E-state index contributed by atoms with van der Waals surface area (Å²) in [6, 6.07) is 11.7. The quantitative estimate of drug-likeness (QED) is 0.477. The monoisotopic (exact) mass is 378 g/mol. The van der Waals surface area contributed by atoms with Crippen molar-refractivity contribution in [2.45, 2.75) is 6.10 Å². The van der Waals surface area contributed by atoms with Gasteiger partial charge in [0.2, 0.25) is 5.56 Å². The number of nitrogens with one attached hydrogen (secondary N) is 2. The highest BCUT2D eigenvalue weighted by Crippen LogP contribution is 2.19. The summed E-state index contributed by atoms with van der Waals surface area (Å²) >= 11 is 0. The van der Waals surface area contributed by atoms with Gasteiger partial charge in [-0.1, -0.05) is 6.07 Å². The standard InChI is InChI=1S/C19H18N6O3/c1-24-9-3-5-14(24)18-23-22-16-8-7-12(11-25(16)18)19(28)20-10-15(26)13-4-2-6-17(27)21-13/h2-9,11,15,26H,10H2,1H3,(H,20,28)(H,21,27). The van der Waals surface area contributed by atoms with Crippen LogP contribution in [0.4, 0.5) is 0 Å². The van der Waals surface area contributed by atoms with E-state index in [0.717, 1.165) is 5.69 Å². The van der Waals surface area contributed by atoms with Gasteiger partial charge in [0.15, 0.2) is 11.5 Å².